The predicted octanol–water partition coefficient (Wildman–Crippen LogP) is 4.87. The van der Waals surface area contributed by atoms with Gasteiger partial charge in [-0.25, -0.2) is 0 Å². The Hall–Kier alpha value is -1.37. The zero-order valence-corrected chi connectivity index (χ0v) is 13.7. The average molecular weight is 302 g/mol. The van der Waals surface area contributed by atoms with Crippen LogP contribution in [0.1, 0.15) is 18.1 Å². The second-order valence-corrected chi connectivity index (χ2v) is 6.90. The van der Waals surface area contributed by atoms with Crippen molar-refractivity contribution in [1.82, 2.24) is 0 Å². The SMILES string of the molecule is CCOP(C)CCc1cccc(OCc2ccccc2)c1. The van der Waals surface area contributed by atoms with E-state index in [1.54, 1.807) is 0 Å². The summed E-state index contributed by atoms with van der Waals surface area (Å²) in [7, 11) is -0.299. The molecular weight excluding hydrogens is 279 g/mol. The van der Waals surface area contributed by atoms with Crippen LogP contribution in [-0.4, -0.2) is 19.4 Å². The number of aryl methyl sites for hydroxylation is 1. The van der Waals surface area contributed by atoms with Crippen LogP contribution in [0.5, 0.6) is 5.75 Å². The minimum atomic E-state index is -0.299. The maximum absolute atomic E-state index is 5.86. The maximum atomic E-state index is 5.86. The van der Waals surface area contributed by atoms with Gasteiger partial charge in [0.1, 0.15) is 12.4 Å². The molecule has 2 nitrogen and oxygen atoms in total. The number of benzene rings is 2. The van der Waals surface area contributed by atoms with Gasteiger partial charge in [-0.2, -0.15) is 0 Å². The van der Waals surface area contributed by atoms with Gasteiger partial charge < -0.3 is 9.26 Å². The van der Waals surface area contributed by atoms with Crippen LogP contribution in [0.15, 0.2) is 54.6 Å². The fourth-order valence-electron chi connectivity index (χ4n) is 2.10. The monoisotopic (exact) mass is 302 g/mol. The second-order valence-electron chi connectivity index (χ2n) is 4.94. The fourth-order valence-corrected chi connectivity index (χ4v) is 3.25. The molecule has 1 unspecified atom stereocenters. The lowest BCUT2D eigenvalue weighted by Gasteiger charge is -2.12. The highest BCUT2D eigenvalue weighted by Crippen LogP contribution is 2.32. The molecule has 112 valence electrons. The van der Waals surface area contributed by atoms with Gasteiger partial charge in [0.2, 0.25) is 0 Å². The number of hydrogen-bond donors (Lipinski definition) is 0. The largest absolute Gasteiger partial charge is 0.489 e. The molecule has 0 aromatic heterocycles. The van der Waals surface area contributed by atoms with Crippen LogP contribution >= 0.6 is 8.15 Å². The highest BCUT2D eigenvalue weighted by molar-refractivity contribution is 7.51. The van der Waals surface area contributed by atoms with Gasteiger partial charge in [-0.1, -0.05) is 42.5 Å². The van der Waals surface area contributed by atoms with E-state index in [4.69, 9.17) is 9.26 Å². The third-order valence-electron chi connectivity index (χ3n) is 3.21. The molecule has 2 aromatic rings. The summed E-state index contributed by atoms with van der Waals surface area (Å²) in [5.74, 6) is 0.938. The minimum absolute atomic E-state index is 0.299. The van der Waals surface area contributed by atoms with Crippen molar-refractivity contribution in [3.63, 3.8) is 0 Å². The third kappa shape index (κ3) is 5.87. The molecule has 2 rings (SSSR count). The summed E-state index contributed by atoms with van der Waals surface area (Å²) in [6.07, 6.45) is 2.15. The normalized spacial score (nSPS) is 12.1. The molecule has 0 aliphatic carbocycles. The first kappa shape index (κ1) is 16.0. The Bertz CT molecular complexity index is 528. The smallest absolute Gasteiger partial charge is 0.120 e. The van der Waals surface area contributed by atoms with Gasteiger partial charge in [-0.15, -0.1) is 0 Å². The van der Waals surface area contributed by atoms with E-state index < -0.39 is 0 Å². The first-order valence-electron chi connectivity index (χ1n) is 7.37. The van der Waals surface area contributed by atoms with E-state index in [0.717, 1.165) is 24.9 Å². The molecule has 0 radical (unpaired) electrons. The van der Waals surface area contributed by atoms with E-state index in [1.807, 2.05) is 24.3 Å². The molecule has 0 aliphatic heterocycles. The highest BCUT2D eigenvalue weighted by atomic mass is 31.1. The van der Waals surface area contributed by atoms with Crippen molar-refractivity contribution in [3.05, 3.63) is 65.7 Å². The third-order valence-corrected chi connectivity index (χ3v) is 4.76. The molecule has 0 N–H and O–H groups in total. The molecule has 3 heteroatoms. The summed E-state index contributed by atoms with van der Waals surface area (Å²) in [5, 5.41) is 0. The Morgan fingerprint density at radius 3 is 2.48 bits per heavy atom. The molecule has 21 heavy (non-hydrogen) atoms. The van der Waals surface area contributed by atoms with Crippen molar-refractivity contribution in [2.24, 2.45) is 0 Å². The molecule has 1 atom stereocenters. The van der Waals surface area contributed by atoms with Gasteiger partial charge >= 0.3 is 0 Å². The van der Waals surface area contributed by atoms with Crippen molar-refractivity contribution in [3.8, 4) is 5.75 Å². The van der Waals surface area contributed by atoms with Crippen LogP contribution in [0.2, 0.25) is 0 Å². The van der Waals surface area contributed by atoms with E-state index in [2.05, 4.69) is 43.9 Å². The molecule has 0 bridgehead atoms. The van der Waals surface area contributed by atoms with E-state index in [-0.39, 0.29) is 8.15 Å². The Kier molecular flexibility index (Phi) is 6.72. The molecule has 0 spiro atoms. The van der Waals surface area contributed by atoms with Crippen molar-refractivity contribution < 1.29 is 9.26 Å². The molecule has 0 amide bonds. The van der Waals surface area contributed by atoms with Crippen molar-refractivity contribution >= 4 is 8.15 Å². The summed E-state index contributed by atoms with van der Waals surface area (Å²) in [6, 6.07) is 18.6. The second kappa shape index (κ2) is 8.81. The van der Waals surface area contributed by atoms with Gasteiger partial charge in [0, 0.05) is 14.8 Å². The Morgan fingerprint density at radius 2 is 1.71 bits per heavy atom. The molecule has 0 saturated carbocycles. The van der Waals surface area contributed by atoms with Gasteiger partial charge in [-0.05, 0) is 49.4 Å². The molecule has 0 saturated heterocycles. The van der Waals surface area contributed by atoms with Crippen molar-refractivity contribution in [1.29, 1.82) is 0 Å². The van der Waals surface area contributed by atoms with Gasteiger partial charge in [0.25, 0.3) is 0 Å². The lowest BCUT2D eigenvalue weighted by atomic mass is 10.1. The minimum Gasteiger partial charge on any atom is -0.489 e. The van der Waals surface area contributed by atoms with Crippen LogP contribution in [0.3, 0.4) is 0 Å². The van der Waals surface area contributed by atoms with Crippen molar-refractivity contribution in [2.75, 3.05) is 19.4 Å². The molecule has 2 aromatic carbocycles. The van der Waals surface area contributed by atoms with Crippen molar-refractivity contribution in [2.45, 2.75) is 20.0 Å². The summed E-state index contributed by atoms with van der Waals surface area (Å²) in [6.45, 7) is 5.66. The lowest BCUT2D eigenvalue weighted by Crippen LogP contribution is -1.97. The van der Waals surface area contributed by atoms with Crippen LogP contribution in [0.4, 0.5) is 0 Å². The van der Waals surface area contributed by atoms with Crippen LogP contribution in [-0.2, 0) is 17.6 Å². The summed E-state index contributed by atoms with van der Waals surface area (Å²) in [5.41, 5.74) is 2.51. The zero-order valence-electron chi connectivity index (χ0n) is 12.8. The first-order chi connectivity index (χ1) is 10.3. The molecular formula is C18H23O2P. The Morgan fingerprint density at radius 1 is 0.952 bits per heavy atom. The lowest BCUT2D eigenvalue weighted by molar-refractivity contribution is 0.306. The Labute approximate surface area is 128 Å². The predicted molar refractivity (Wildman–Crippen MR) is 90.3 cm³/mol. The number of rotatable bonds is 8. The van der Waals surface area contributed by atoms with Crippen LogP contribution in [0, 0.1) is 0 Å². The number of hydrogen-bond acceptors (Lipinski definition) is 2. The van der Waals surface area contributed by atoms with Gasteiger partial charge in [0.15, 0.2) is 0 Å². The summed E-state index contributed by atoms with van der Waals surface area (Å²) in [4.78, 5) is 0. The molecule has 0 fully saturated rings. The van der Waals surface area contributed by atoms with Gasteiger partial charge in [0.05, 0.1) is 0 Å². The fraction of sp³-hybridized carbons (Fsp3) is 0.333. The highest BCUT2D eigenvalue weighted by Gasteiger charge is 2.03. The van der Waals surface area contributed by atoms with E-state index in [0.29, 0.717) is 6.61 Å². The standard InChI is InChI=1S/C18H23O2P/c1-3-20-21(2)13-12-16-10-7-11-18(14-16)19-15-17-8-5-4-6-9-17/h4-11,14H,3,12-13,15H2,1-2H3. The topological polar surface area (TPSA) is 18.5 Å². The maximum Gasteiger partial charge on any atom is 0.120 e. The van der Waals surface area contributed by atoms with E-state index in [1.165, 1.54) is 11.1 Å². The number of ether oxygens (including phenoxy) is 1. The van der Waals surface area contributed by atoms with Crippen LogP contribution in [0.25, 0.3) is 0 Å². The summed E-state index contributed by atoms with van der Waals surface area (Å²) < 4.78 is 11.5. The molecule has 0 aliphatic rings. The van der Waals surface area contributed by atoms with Crippen LogP contribution < -0.4 is 4.74 Å². The zero-order chi connectivity index (χ0) is 14.9. The average Bonchev–Trinajstić information content (AvgIpc) is 2.53. The van der Waals surface area contributed by atoms with Gasteiger partial charge in [-0.3, -0.25) is 0 Å². The Balaban J connectivity index is 1.86. The quantitative estimate of drug-likeness (QED) is 0.648. The van der Waals surface area contributed by atoms with E-state index >= 15 is 0 Å². The molecule has 0 heterocycles. The summed E-state index contributed by atoms with van der Waals surface area (Å²) >= 11 is 0. The van der Waals surface area contributed by atoms with E-state index in [9.17, 15) is 0 Å². The first-order valence-corrected chi connectivity index (χ1v) is 9.27.